The molecule has 0 spiro atoms. The largest absolute Gasteiger partial charge is 0.309 e. The van der Waals surface area contributed by atoms with Gasteiger partial charge < -0.3 is 5.32 Å². The minimum atomic E-state index is -0.618. The van der Waals surface area contributed by atoms with Gasteiger partial charge in [-0.1, -0.05) is 42.5 Å². The summed E-state index contributed by atoms with van der Waals surface area (Å²) in [5, 5.41) is 20.1. The number of rotatable bonds is 6. The number of carbonyl (C=O) groups is 1. The highest BCUT2D eigenvalue weighted by Crippen LogP contribution is 2.20. The molecule has 30 heavy (non-hydrogen) atoms. The van der Waals surface area contributed by atoms with Crippen LogP contribution in [0.25, 0.3) is 10.8 Å². The smallest absolute Gasteiger partial charge is 0.285 e. The third kappa shape index (κ3) is 3.95. The number of nitrogens with one attached hydrogen (secondary N) is 1. The molecular formula is C21H17N5O4. The number of pyridine rings is 1. The fourth-order valence-electron chi connectivity index (χ4n) is 3.24. The molecule has 4 aromatic rings. The minimum Gasteiger partial charge on any atom is -0.309 e. The maximum Gasteiger partial charge on any atom is 0.285 e. The van der Waals surface area contributed by atoms with Crippen molar-refractivity contribution in [3.05, 3.63) is 99.1 Å². The van der Waals surface area contributed by atoms with Crippen LogP contribution >= 0.6 is 0 Å². The average molecular weight is 403 g/mol. The predicted molar refractivity (Wildman–Crippen MR) is 111 cm³/mol. The number of benzene rings is 2. The zero-order valence-corrected chi connectivity index (χ0v) is 15.8. The van der Waals surface area contributed by atoms with E-state index < -0.39 is 16.4 Å². The van der Waals surface area contributed by atoms with Crippen molar-refractivity contribution in [2.45, 2.75) is 13.1 Å². The molecule has 0 saturated carbocycles. The summed E-state index contributed by atoms with van der Waals surface area (Å²) >= 11 is 0. The van der Waals surface area contributed by atoms with Crippen molar-refractivity contribution in [3.8, 4) is 0 Å². The molecule has 2 heterocycles. The standard InChI is InChI=1S/C21H17N5O4/c27-20(14-24-13-17(26(29)30)8-9-21(24)28)23-19-10-11-22-25(19)12-16-6-3-5-15-4-1-2-7-18(15)16/h1-11,13H,12,14H2,(H,23,27). The van der Waals surface area contributed by atoms with Gasteiger partial charge in [0.05, 0.1) is 23.9 Å². The number of carbonyl (C=O) groups excluding carboxylic acids is 1. The van der Waals surface area contributed by atoms with Crippen LogP contribution in [-0.4, -0.2) is 25.2 Å². The normalized spacial score (nSPS) is 10.8. The summed E-state index contributed by atoms with van der Waals surface area (Å²) < 4.78 is 2.65. The van der Waals surface area contributed by atoms with Gasteiger partial charge in [-0.15, -0.1) is 0 Å². The first-order chi connectivity index (χ1) is 14.5. The second-order valence-electron chi connectivity index (χ2n) is 6.67. The monoisotopic (exact) mass is 403 g/mol. The van der Waals surface area contributed by atoms with E-state index in [1.54, 1.807) is 16.9 Å². The Kier molecular flexibility index (Phi) is 5.08. The number of nitrogens with zero attached hydrogens (tertiary/aromatic N) is 4. The molecule has 4 rings (SSSR count). The predicted octanol–water partition coefficient (Wildman–Crippen LogP) is 2.79. The number of hydrogen-bond acceptors (Lipinski definition) is 5. The molecule has 0 aliphatic heterocycles. The Hall–Kier alpha value is -4.27. The molecule has 0 radical (unpaired) electrons. The summed E-state index contributed by atoms with van der Waals surface area (Å²) in [6.45, 7) is 0.0979. The van der Waals surface area contributed by atoms with Crippen LogP contribution in [-0.2, 0) is 17.9 Å². The number of amides is 1. The number of anilines is 1. The van der Waals surface area contributed by atoms with Gasteiger partial charge in [-0.3, -0.25) is 24.3 Å². The maximum atomic E-state index is 12.4. The number of nitro groups is 1. The van der Waals surface area contributed by atoms with Crippen LogP contribution in [0, 0.1) is 10.1 Å². The van der Waals surface area contributed by atoms with E-state index in [-0.39, 0.29) is 12.2 Å². The van der Waals surface area contributed by atoms with Crippen molar-refractivity contribution in [1.82, 2.24) is 14.3 Å². The molecule has 2 aromatic heterocycles. The van der Waals surface area contributed by atoms with Gasteiger partial charge in [-0.05, 0) is 16.3 Å². The fourth-order valence-corrected chi connectivity index (χ4v) is 3.24. The Morgan fingerprint density at radius 1 is 1.07 bits per heavy atom. The SMILES string of the molecule is O=C(Cn1cc([N+](=O)[O-])ccc1=O)Nc1ccnn1Cc1cccc2ccccc12. The second-order valence-corrected chi connectivity index (χ2v) is 6.67. The quantitative estimate of drug-likeness (QED) is 0.393. The van der Waals surface area contributed by atoms with Crippen LogP contribution in [0.3, 0.4) is 0 Å². The van der Waals surface area contributed by atoms with E-state index in [1.165, 1.54) is 0 Å². The fraction of sp³-hybridized carbons (Fsp3) is 0.0952. The topological polar surface area (TPSA) is 112 Å². The van der Waals surface area contributed by atoms with E-state index in [1.807, 2.05) is 42.5 Å². The van der Waals surface area contributed by atoms with Gasteiger partial charge in [0.1, 0.15) is 12.4 Å². The van der Waals surface area contributed by atoms with Crippen LogP contribution in [0.1, 0.15) is 5.56 Å². The van der Waals surface area contributed by atoms with Gasteiger partial charge in [0.25, 0.3) is 11.2 Å². The molecule has 1 N–H and O–H groups in total. The van der Waals surface area contributed by atoms with Crippen LogP contribution in [0.2, 0.25) is 0 Å². The van der Waals surface area contributed by atoms with Crippen molar-refractivity contribution >= 4 is 28.2 Å². The lowest BCUT2D eigenvalue weighted by Crippen LogP contribution is -2.27. The van der Waals surface area contributed by atoms with Gasteiger partial charge in [0.15, 0.2) is 0 Å². The summed E-state index contributed by atoms with van der Waals surface area (Å²) in [5.41, 5.74) is 0.283. The Labute approximate surface area is 170 Å². The molecule has 0 atom stereocenters. The van der Waals surface area contributed by atoms with Crippen LogP contribution in [0.15, 0.2) is 77.9 Å². The zero-order valence-electron chi connectivity index (χ0n) is 15.8. The molecular weight excluding hydrogens is 386 g/mol. The summed E-state index contributed by atoms with van der Waals surface area (Å²) in [6.07, 6.45) is 2.62. The molecule has 1 amide bonds. The van der Waals surface area contributed by atoms with Crippen molar-refractivity contribution in [3.63, 3.8) is 0 Å². The summed E-state index contributed by atoms with van der Waals surface area (Å²) in [5.74, 6) is -0.0244. The molecule has 0 aliphatic rings. The Balaban J connectivity index is 1.53. The Morgan fingerprint density at radius 3 is 2.70 bits per heavy atom. The summed E-state index contributed by atoms with van der Waals surface area (Å²) in [7, 11) is 0. The highest BCUT2D eigenvalue weighted by molar-refractivity contribution is 5.90. The van der Waals surface area contributed by atoms with E-state index in [0.717, 1.165) is 39.2 Å². The van der Waals surface area contributed by atoms with Crippen LogP contribution < -0.4 is 10.9 Å². The third-order valence-electron chi connectivity index (χ3n) is 4.68. The van der Waals surface area contributed by atoms with Gasteiger partial charge >= 0.3 is 0 Å². The molecule has 9 nitrogen and oxygen atoms in total. The van der Waals surface area contributed by atoms with Gasteiger partial charge in [0, 0.05) is 18.2 Å². The number of fused-ring (bicyclic) bond motifs is 1. The summed E-state index contributed by atoms with van der Waals surface area (Å²) in [6, 6.07) is 17.8. The lowest BCUT2D eigenvalue weighted by molar-refractivity contribution is -0.385. The zero-order chi connectivity index (χ0) is 21.1. The van der Waals surface area contributed by atoms with E-state index >= 15 is 0 Å². The van der Waals surface area contributed by atoms with Crippen LogP contribution in [0.4, 0.5) is 11.5 Å². The van der Waals surface area contributed by atoms with E-state index in [9.17, 15) is 19.7 Å². The molecule has 0 saturated heterocycles. The molecule has 150 valence electrons. The Bertz CT molecular complexity index is 1300. The average Bonchev–Trinajstić information content (AvgIpc) is 3.16. The minimum absolute atomic E-state index is 0.261. The Morgan fingerprint density at radius 2 is 1.87 bits per heavy atom. The molecule has 2 aromatic carbocycles. The van der Waals surface area contributed by atoms with Crippen molar-refractivity contribution in [2.75, 3.05) is 5.32 Å². The van der Waals surface area contributed by atoms with Crippen molar-refractivity contribution in [2.24, 2.45) is 0 Å². The molecule has 0 unspecified atom stereocenters. The van der Waals surface area contributed by atoms with Gasteiger partial charge in [0.2, 0.25) is 5.91 Å². The first-order valence-electron chi connectivity index (χ1n) is 9.14. The summed E-state index contributed by atoms with van der Waals surface area (Å²) in [4.78, 5) is 34.6. The molecule has 0 fully saturated rings. The van der Waals surface area contributed by atoms with Gasteiger partial charge in [-0.2, -0.15) is 5.10 Å². The highest BCUT2D eigenvalue weighted by Gasteiger charge is 2.13. The van der Waals surface area contributed by atoms with Gasteiger partial charge in [-0.25, -0.2) is 4.68 Å². The second kappa shape index (κ2) is 8.00. The van der Waals surface area contributed by atoms with Crippen molar-refractivity contribution < 1.29 is 9.72 Å². The van der Waals surface area contributed by atoms with E-state index in [4.69, 9.17) is 0 Å². The highest BCUT2D eigenvalue weighted by atomic mass is 16.6. The van der Waals surface area contributed by atoms with E-state index in [2.05, 4.69) is 10.4 Å². The molecule has 9 heteroatoms. The van der Waals surface area contributed by atoms with Crippen LogP contribution in [0.5, 0.6) is 0 Å². The molecule has 0 aliphatic carbocycles. The number of aromatic nitrogens is 3. The molecule has 0 bridgehead atoms. The number of hydrogen-bond donors (Lipinski definition) is 1. The van der Waals surface area contributed by atoms with E-state index in [0.29, 0.717) is 12.4 Å². The van der Waals surface area contributed by atoms with Crippen molar-refractivity contribution in [1.29, 1.82) is 0 Å². The first-order valence-corrected chi connectivity index (χ1v) is 9.14. The first kappa shape index (κ1) is 19.1. The maximum absolute atomic E-state index is 12.4. The lowest BCUT2D eigenvalue weighted by atomic mass is 10.0. The lowest BCUT2D eigenvalue weighted by Gasteiger charge is -2.11. The third-order valence-corrected chi connectivity index (χ3v) is 4.68.